The van der Waals surface area contributed by atoms with Crippen molar-refractivity contribution in [1.29, 1.82) is 0 Å². The lowest BCUT2D eigenvalue weighted by molar-refractivity contribution is 0.368. The summed E-state index contributed by atoms with van der Waals surface area (Å²) in [5.41, 5.74) is 6.86. The smallest absolute Gasteiger partial charge is 0.200 e. The van der Waals surface area contributed by atoms with Crippen LogP contribution in [0.25, 0.3) is 11.3 Å². The number of aromatic hydroxyl groups is 3. The molecule has 16 heavy (non-hydrogen) atoms. The van der Waals surface area contributed by atoms with Gasteiger partial charge < -0.3 is 21.1 Å². The highest BCUT2D eigenvalue weighted by atomic mass is 16.3. The Bertz CT molecular complexity index is 529. The molecule has 0 saturated heterocycles. The first-order valence-corrected chi connectivity index (χ1v) is 4.54. The van der Waals surface area contributed by atoms with Gasteiger partial charge in [0.2, 0.25) is 5.75 Å². The maximum Gasteiger partial charge on any atom is 0.200 e. The Hall–Kier alpha value is -2.37. The fourth-order valence-corrected chi connectivity index (χ4v) is 1.54. The number of anilines is 1. The van der Waals surface area contributed by atoms with Gasteiger partial charge in [-0.1, -0.05) is 0 Å². The van der Waals surface area contributed by atoms with Crippen LogP contribution in [-0.2, 0) is 7.05 Å². The third kappa shape index (κ3) is 1.31. The van der Waals surface area contributed by atoms with Crippen LogP contribution in [0.1, 0.15) is 0 Å². The molecule has 0 saturated carbocycles. The third-order valence-electron chi connectivity index (χ3n) is 2.35. The number of hydrogen-bond acceptors (Lipinski definition) is 5. The van der Waals surface area contributed by atoms with Crippen molar-refractivity contribution in [2.45, 2.75) is 0 Å². The number of aryl methyl sites for hydroxylation is 1. The minimum absolute atomic E-state index is 0.313. The van der Waals surface area contributed by atoms with Gasteiger partial charge in [-0.25, -0.2) is 0 Å². The first-order valence-electron chi connectivity index (χ1n) is 4.54. The maximum atomic E-state index is 9.69. The number of benzene rings is 1. The molecule has 0 aliphatic heterocycles. The molecule has 0 aliphatic carbocycles. The molecule has 1 aromatic heterocycles. The Morgan fingerprint density at radius 3 is 2.44 bits per heavy atom. The topological polar surface area (TPSA) is 105 Å². The molecule has 0 amide bonds. The Labute approximate surface area is 91.2 Å². The number of phenols is 3. The van der Waals surface area contributed by atoms with E-state index in [0.717, 1.165) is 0 Å². The molecule has 0 unspecified atom stereocenters. The number of phenolic OH excluding ortho intramolecular Hbond substituents is 3. The normalized spacial score (nSPS) is 10.6. The second-order valence-electron chi connectivity index (χ2n) is 3.40. The summed E-state index contributed by atoms with van der Waals surface area (Å²) in [5.74, 6) is -1.38. The van der Waals surface area contributed by atoms with Gasteiger partial charge in [-0.2, -0.15) is 5.10 Å². The van der Waals surface area contributed by atoms with Crippen molar-refractivity contribution in [1.82, 2.24) is 9.78 Å². The van der Waals surface area contributed by atoms with E-state index in [4.69, 9.17) is 5.73 Å². The highest BCUT2D eigenvalue weighted by Crippen LogP contribution is 2.43. The van der Waals surface area contributed by atoms with Crippen molar-refractivity contribution >= 4 is 5.69 Å². The molecule has 84 valence electrons. The van der Waals surface area contributed by atoms with E-state index in [9.17, 15) is 15.3 Å². The van der Waals surface area contributed by atoms with Crippen LogP contribution in [0.2, 0.25) is 0 Å². The summed E-state index contributed by atoms with van der Waals surface area (Å²) in [7, 11) is 1.66. The van der Waals surface area contributed by atoms with Crippen molar-refractivity contribution < 1.29 is 15.3 Å². The fourth-order valence-electron chi connectivity index (χ4n) is 1.54. The molecule has 1 heterocycles. The highest BCUT2D eigenvalue weighted by Gasteiger charge is 2.17. The lowest BCUT2D eigenvalue weighted by Gasteiger charge is -2.08. The first-order chi connectivity index (χ1) is 7.52. The van der Waals surface area contributed by atoms with Crippen molar-refractivity contribution in [3.05, 3.63) is 18.3 Å². The van der Waals surface area contributed by atoms with E-state index in [1.54, 1.807) is 7.05 Å². The molecule has 0 spiro atoms. The zero-order chi connectivity index (χ0) is 11.9. The highest BCUT2D eigenvalue weighted by molar-refractivity contribution is 5.80. The van der Waals surface area contributed by atoms with Gasteiger partial charge in [-0.15, -0.1) is 0 Å². The van der Waals surface area contributed by atoms with E-state index < -0.39 is 11.5 Å². The summed E-state index contributed by atoms with van der Waals surface area (Å²) in [6.45, 7) is 0. The molecule has 2 aromatic rings. The summed E-state index contributed by atoms with van der Waals surface area (Å²) in [6, 6.07) is 2.73. The molecule has 2 rings (SSSR count). The first kappa shape index (κ1) is 10.2. The molecule has 0 radical (unpaired) electrons. The van der Waals surface area contributed by atoms with Gasteiger partial charge in [0.05, 0.1) is 17.6 Å². The molecule has 6 nitrogen and oxygen atoms in total. The van der Waals surface area contributed by atoms with Crippen molar-refractivity contribution in [2.75, 3.05) is 5.73 Å². The summed E-state index contributed by atoms with van der Waals surface area (Å²) in [6.07, 6.45) is 1.44. The fraction of sp³-hybridized carbons (Fsp3) is 0.100. The predicted molar refractivity (Wildman–Crippen MR) is 58.1 cm³/mol. The van der Waals surface area contributed by atoms with Crippen LogP contribution < -0.4 is 5.73 Å². The molecule has 0 aliphatic rings. The number of hydrogen-bond donors (Lipinski definition) is 4. The average molecular weight is 221 g/mol. The van der Waals surface area contributed by atoms with E-state index in [1.165, 1.54) is 23.0 Å². The summed E-state index contributed by atoms with van der Waals surface area (Å²) >= 11 is 0. The van der Waals surface area contributed by atoms with E-state index in [1.807, 2.05) is 0 Å². The van der Waals surface area contributed by atoms with Crippen LogP contribution in [0.3, 0.4) is 0 Å². The van der Waals surface area contributed by atoms with Gasteiger partial charge in [-0.05, 0) is 12.1 Å². The summed E-state index contributed by atoms with van der Waals surface area (Å²) in [5, 5.41) is 32.2. The number of nitrogens with zero attached hydrogens (tertiary/aromatic N) is 2. The summed E-state index contributed by atoms with van der Waals surface area (Å²) < 4.78 is 1.47. The zero-order valence-electron chi connectivity index (χ0n) is 8.55. The second kappa shape index (κ2) is 3.34. The lowest BCUT2D eigenvalue weighted by atomic mass is 10.1. The van der Waals surface area contributed by atoms with Crippen molar-refractivity contribution in [2.24, 2.45) is 7.05 Å². The van der Waals surface area contributed by atoms with E-state index in [0.29, 0.717) is 16.9 Å². The van der Waals surface area contributed by atoms with E-state index in [-0.39, 0.29) is 5.75 Å². The number of rotatable bonds is 1. The molecule has 1 aromatic carbocycles. The minimum atomic E-state index is -0.571. The Balaban J connectivity index is 2.71. The largest absolute Gasteiger partial charge is 0.504 e. The standard InChI is InChI=1S/C10H11N3O3/c1-13-8(6(11)4-12-13)5-2-3-7(14)10(16)9(5)15/h2-4,14-16H,11H2,1H3. The second-order valence-corrected chi connectivity index (χ2v) is 3.40. The molecule has 6 heteroatoms. The minimum Gasteiger partial charge on any atom is -0.504 e. The van der Waals surface area contributed by atoms with Gasteiger partial charge in [0.1, 0.15) is 0 Å². The molecule has 5 N–H and O–H groups in total. The summed E-state index contributed by atoms with van der Waals surface area (Å²) in [4.78, 5) is 0. The van der Waals surface area contributed by atoms with Gasteiger partial charge in [-0.3, -0.25) is 4.68 Å². The van der Waals surface area contributed by atoms with Crippen LogP contribution in [-0.4, -0.2) is 25.1 Å². The van der Waals surface area contributed by atoms with Gasteiger partial charge in [0, 0.05) is 12.6 Å². The monoisotopic (exact) mass is 221 g/mol. The lowest BCUT2D eigenvalue weighted by Crippen LogP contribution is -1.96. The Morgan fingerprint density at radius 2 is 1.88 bits per heavy atom. The quantitative estimate of drug-likeness (QED) is 0.533. The van der Waals surface area contributed by atoms with E-state index in [2.05, 4.69) is 5.10 Å². The van der Waals surface area contributed by atoms with Crippen LogP contribution in [0.5, 0.6) is 17.2 Å². The van der Waals surface area contributed by atoms with Crippen molar-refractivity contribution in [3.63, 3.8) is 0 Å². The molecular weight excluding hydrogens is 210 g/mol. The van der Waals surface area contributed by atoms with Gasteiger partial charge in [0.25, 0.3) is 0 Å². The van der Waals surface area contributed by atoms with Crippen LogP contribution >= 0.6 is 0 Å². The number of aromatic nitrogens is 2. The van der Waals surface area contributed by atoms with Crippen molar-refractivity contribution in [3.8, 4) is 28.5 Å². The molecule has 0 bridgehead atoms. The zero-order valence-corrected chi connectivity index (χ0v) is 8.55. The maximum absolute atomic E-state index is 9.69. The van der Waals surface area contributed by atoms with Crippen LogP contribution in [0.15, 0.2) is 18.3 Å². The molecule has 0 fully saturated rings. The van der Waals surface area contributed by atoms with Crippen LogP contribution in [0, 0.1) is 0 Å². The SMILES string of the molecule is Cn1ncc(N)c1-c1ccc(O)c(O)c1O. The van der Waals surface area contributed by atoms with E-state index >= 15 is 0 Å². The van der Waals surface area contributed by atoms with Gasteiger partial charge in [0.15, 0.2) is 11.5 Å². The molecule has 0 atom stereocenters. The van der Waals surface area contributed by atoms with Crippen LogP contribution in [0.4, 0.5) is 5.69 Å². The number of nitrogen functional groups attached to an aromatic ring is 1. The Morgan fingerprint density at radius 1 is 1.19 bits per heavy atom. The Kier molecular flexibility index (Phi) is 2.12. The third-order valence-corrected chi connectivity index (χ3v) is 2.35. The predicted octanol–water partition coefficient (Wildman–Crippen LogP) is 0.786. The molecular formula is C10H11N3O3. The average Bonchev–Trinajstić information content (AvgIpc) is 2.57. The number of nitrogens with two attached hydrogens (primary N) is 1. The van der Waals surface area contributed by atoms with Gasteiger partial charge >= 0.3 is 0 Å².